The molecule has 6 nitrogen and oxygen atoms in total. The fraction of sp³-hybridized carbons (Fsp3) is 0.350. The third-order valence-corrected chi connectivity index (χ3v) is 5.04. The molecule has 7 heteroatoms. The SMILES string of the molecule is CS(=O)(=O)Nc1cccc(C(=O)NCc2ccccc2OC2CCCC2)c1. The van der Waals surface area contributed by atoms with Crippen molar-refractivity contribution in [3.8, 4) is 5.75 Å². The molecule has 144 valence electrons. The Morgan fingerprint density at radius 1 is 1.11 bits per heavy atom. The molecule has 0 aliphatic heterocycles. The Morgan fingerprint density at radius 2 is 1.85 bits per heavy atom. The summed E-state index contributed by atoms with van der Waals surface area (Å²) in [4.78, 5) is 12.5. The van der Waals surface area contributed by atoms with Crippen LogP contribution >= 0.6 is 0 Å². The number of anilines is 1. The Morgan fingerprint density at radius 3 is 2.59 bits per heavy atom. The number of hydrogen-bond acceptors (Lipinski definition) is 4. The second kappa shape index (κ2) is 8.43. The average Bonchev–Trinajstić information content (AvgIpc) is 3.12. The second-order valence-electron chi connectivity index (χ2n) is 6.77. The van der Waals surface area contributed by atoms with Gasteiger partial charge < -0.3 is 10.1 Å². The van der Waals surface area contributed by atoms with Crippen molar-refractivity contribution in [3.63, 3.8) is 0 Å². The summed E-state index contributed by atoms with van der Waals surface area (Å²) < 4.78 is 31.2. The van der Waals surface area contributed by atoms with Gasteiger partial charge in [0.05, 0.1) is 12.4 Å². The summed E-state index contributed by atoms with van der Waals surface area (Å²) in [6.07, 6.45) is 5.85. The van der Waals surface area contributed by atoms with Crippen LogP contribution in [0.5, 0.6) is 5.75 Å². The fourth-order valence-electron chi connectivity index (χ4n) is 3.17. The summed E-state index contributed by atoms with van der Waals surface area (Å²) in [6.45, 7) is 0.339. The minimum absolute atomic E-state index is 0.251. The van der Waals surface area contributed by atoms with Crippen LogP contribution in [-0.2, 0) is 16.6 Å². The van der Waals surface area contributed by atoms with Crippen LogP contribution in [0.3, 0.4) is 0 Å². The van der Waals surface area contributed by atoms with Gasteiger partial charge in [-0.05, 0) is 49.9 Å². The van der Waals surface area contributed by atoms with E-state index in [-0.39, 0.29) is 12.0 Å². The number of sulfonamides is 1. The summed E-state index contributed by atoms with van der Waals surface area (Å²) in [6, 6.07) is 14.1. The summed E-state index contributed by atoms with van der Waals surface area (Å²) in [7, 11) is -3.39. The highest BCUT2D eigenvalue weighted by molar-refractivity contribution is 7.92. The molecule has 1 amide bonds. The monoisotopic (exact) mass is 388 g/mol. The molecule has 0 atom stereocenters. The molecule has 1 fully saturated rings. The van der Waals surface area contributed by atoms with Crippen molar-refractivity contribution in [2.45, 2.75) is 38.3 Å². The van der Waals surface area contributed by atoms with E-state index in [2.05, 4.69) is 10.0 Å². The lowest BCUT2D eigenvalue weighted by Crippen LogP contribution is -2.24. The lowest BCUT2D eigenvalue weighted by molar-refractivity contribution is 0.0950. The van der Waals surface area contributed by atoms with Crippen LogP contribution in [0, 0.1) is 0 Å². The van der Waals surface area contributed by atoms with Crippen LogP contribution in [0.2, 0.25) is 0 Å². The fourth-order valence-corrected chi connectivity index (χ4v) is 3.72. The largest absolute Gasteiger partial charge is 0.490 e. The van der Waals surface area contributed by atoms with Crippen molar-refractivity contribution < 1.29 is 17.9 Å². The van der Waals surface area contributed by atoms with Gasteiger partial charge in [0.1, 0.15) is 5.75 Å². The highest BCUT2D eigenvalue weighted by Gasteiger charge is 2.18. The molecular weight excluding hydrogens is 364 g/mol. The van der Waals surface area contributed by atoms with Crippen LogP contribution in [0.15, 0.2) is 48.5 Å². The number of benzene rings is 2. The van der Waals surface area contributed by atoms with E-state index in [1.807, 2.05) is 24.3 Å². The maximum atomic E-state index is 12.5. The molecule has 0 unspecified atom stereocenters. The molecule has 27 heavy (non-hydrogen) atoms. The first-order valence-electron chi connectivity index (χ1n) is 9.01. The number of amides is 1. The van der Waals surface area contributed by atoms with E-state index in [9.17, 15) is 13.2 Å². The molecule has 2 N–H and O–H groups in total. The zero-order valence-electron chi connectivity index (χ0n) is 15.3. The molecule has 1 aliphatic carbocycles. The minimum atomic E-state index is -3.39. The molecule has 0 bridgehead atoms. The first-order chi connectivity index (χ1) is 12.9. The topological polar surface area (TPSA) is 84.5 Å². The molecule has 1 aliphatic rings. The maximum absolute atomic E-state index is 12.5. The van der Waals surface area contributed by atoms with E-state index in [1.165, 1.54) is 18.9 Å². The Labute approximate surface area is 160 Å². The van der Waals surface area contributed by atoms with E-state index < -0.39 is 10.0 Å². The number of para-hydroxylation sites is 1. The number of hydrogen-bond donors (Lipinski definition) is 2. The Balaban J connectivity index is 1.65. The predicted molar refractivity (Wildman–Crippen MR) is 105 cm³/mol. The molecule has 0 aromatic heterocycles. The van der Waals surface area contributed by atoms with E-state index in [1.54, 1.807) is 18.2 Å². The minimum Gasteiger partial charge on any atom is -0.490 e. The molecule has 0 spiro atoms. The van der Waals surface area contributed by atoms with E-state index in [0.717, 1.165) is 30.4 Å². The van der Waals surface area contributed by atoms with Gasteiger partial charge in [0.15, 0.2) is 0 Å². The van der Waals surface area contributed by atoms with Crippen molar-refractivity contribution in [2.24, 2.45) is 0 Å². The van der Waals surface area contributed by atoms with E-state index in [0.29, 0.717) is 17.8 Å². The van der Waals surface area contributed by atoms with Crippen molar-refractivity contribution in [1.82, 2.24) is 5.32 Å². The average molecular weight is 388 g/mol. The summed E-state index contributed by atoms with van der Waals surface area (Å²) >= 11 is 0. The highest BCUT2D eigenvalue weighted by Crippen LogP contribution is 2.26. The number of carbonyl (C=O) groups is 1. The van der Waals surface area contributed by atoms with Crippen molar-refractivity contribution in [1.29, 1.82) is 0 Å². The zero-order valence-corrected chi connectivity index (χ0v) is 16.1. The van der Waals surface area contributed by atoms with Crippen molar-refractivity contribution in [3.05, 3.63) is 59.7 Å². The van der Waals surface area contributed by atoms with Crippen LogP contribution in [0.4, 0.5) is 5.69 Å². The number of nitrogens with one attached hydrogen (secondary N) is 2. The normalized spacial score (nSPS) is 14.7. The number of ether oxygens (including phenoxy) is 1. The van der Waals surface area contributed by atoms with Crippen LogP contribution < -0.4 is 14.8 Å². The van der Waals surface area contributed by atoms with Crippen molar-refractivity contribution >= 4 is 21.6 Å². The van der Waals surface area contributed by atoms with Gasteiger partial charge in [-0.1, -0.05) is 24.3 Å². The second-order valence-corrected chi connectivity index (χ2v) is 8.52. The van der Waals surface area contributed by atoms with Crippen LogP contribution in [0.25, 0.3) is 0 Å². The molecule has 0 radical (unpaired) electrons. The Kier molecular flexibility index (Phi) is 6.01. The Bertz CT molecular complexity index is 906. The van der Waals surface area contributed by atoms with Gasteiger partial charge in [-0.25, -0.2) is 8.42 Å². The Hall–Kier alpha value is -2.54. The molecule has 2 aromatic carbocycles. The molecule has 3 rings (SSSR count). The first-order valence-corrected chi connectivity index (χ1v) is 10.9. The van der Waals surface area contributed by atoms with Crippen LogP contribution in [0.1, 0.15) is 41.6 Å². The summed E-state index contributed by atoms with van der Waals surface area (Å²) in [5.74, 6) is 0.528. The number of rotatable bonds is 7. The standard InChI is InChI=1S/C20H24N2O4S/c1-27(24,25)22-17-9-6-8-15(13-17)20(23)21-14-16-7-2-5-12-19(16)26-18-10-3-4-11-18/h2,5-9,12-13,18,22H,3-4,10-11,14H2,1H3,(H,21,23). The molecule has 2 aromatic rings. The van der Waals surface area contributed by atoms with Gasteiger partial charge in [-0.2, -0.15) is 0 Å². The molecule has 0 saturated heterocycles. The maximum Gasteiger partial charge on any atom is 0.251 e. The number of carbonyl (C=O) groups excluding carboxylic acids is 1. The smallest absolute Gasteiger partial charge is 0.251 e. The summed E-state index contributed by atoms with van der Waals surface area (Å²) in [5.41, 5.74) is 1.66. The zero-order chi connectivity index (χ0) is 19.3. The predicted octanol–water partition coefficient (Wildman–Crippen LogP) is 3.31. The van der Waals surface area contributed by atoms with Gasteiger partial charge in [0.2, 0.25) is 10.0 Å². The van der Waals surface area contributed by atoms with Gasteiger partial charge >= 0.3 is 0 Å². The third kappa shape index (κ3) is 5.72. The van der Waals surface area contributed by atoms with E-state index >= 15 is 0 Å². The van der Waals surface area contributed by atoms with E-state index in [4.69, 9.17) is 4.74 Å². The lowest BCUT2D eigenvalue weighted by atomic mass is 10.1. The molecular formula is C20H24N2O4S. The quantitative estimate of drug-likeness (QED) is 0.762. The van der Waals surface area contributed by atoms with Crippen LogP contribution in [-0.4, -0.2) is 26.7 Å². The lowest BCUT2D eigenvalue weighted by Gasteiger charge is -2.17. The third-order valence-electron chi connectivity index (χ3n) is 4.44. The van der Waals surface area contributed by atoms with Gasteiger partial charge in [0.25, 0.3) is 5.91 Å². The molecule has 1 saturated carbocycles. The van der Waals surface area contributed by atoms with Gasteiger partial charge in [-0.3, -0.25) is 9.52 Å². The first kappa shape index (κ1) is 19.2. The summed E-state index contributed by atoms with van der Waals surface area (Å²) in [5, 5.41) is 2.87. The van der Waals surface area contributed by atoms with Gasteiger partial charge in [-0.15, -0.1) is 0 Å². The molecule has 0 heterocycles. The highest BCUT2D eigenvalue weighted by atomic mass is 32.2. The van der Waals surface area contributed by atoms with Gasteiger partial charge in [0, 0.05) is 23.4 Å². The van der Waals surface area contributed by atoms with Crippen molar-refractivity contribution in [2.75, 3.05) is 11.0 Å².